The Labute approximate surface area is 101 Å². The molecule has 0 amide bonds. The number of nitrogens with two attached hydrogens (primary N) is 1. The molecule has 2 rings (SSSR count). The van der Waals surface area contributed by atoms with Crippen LogP contribution in [0.4, 0.5) is 13.2 Å². The first-order valence-electron chi connectivity index (χ1n) is 5.20. The Bertz CT molecular complexity index is 535. The highest BCUT2D eigenvalue weighted by Gasteiger charge is 2.29. The predicted molar refractivity (Wildman–Crippen MR) is 60.4 cm³/mol. The van der Waals surface area contributed by atoms with Crippen LogP contribution in [0.5, 0.6) is 0 Å². The summed E-state index contributed by atoms with van der Waals surface area (Å²) in [6.45, 7) is 0.309. The highest BCUT2D eigenvalue weighted by Crippen LogP contribution is 2.30. The molecule has 0 saturated heterocycles. The van der Waals surface area contributed by atoms with E-state index in [-0.39, 0.29) is 0 Å². The van der Waals surface area contributed by atoms with Crippen molar-refractivity contribution >= 4 is 0 Å². The summed E-state index contributed by atoms with van der Waals surface area (Å²) in [4.78, 5) is 0. The fraction of sp³-hybridized carbons (Fsp3) is 0.167. The molecule has 3 nitrogen and oxygen atoms in total. The zero-order valence-electron chi connectivity index (χ0n) is 9.28. The van der Waals surface area contributed by atoms with Gasteiger partial charge in [-0.25, -0.2) is 0 Å². The average molecular weight is 253 g/mol. The SMILES string of the molecule is NCc1cnnc(-c2ccc(C(F)(F)F)cc2)c1. The molecular formula is C12H10F3N3. The van der Waals surface area contributed by atoms with Gasteiger partial charge in [-0.05, 0) is 23.8 Å². The van der Waals surface area contributed by atoms with Gasteiger partial charge in [-0.2, -0.15) is 23.4 Å². The van der Waals surface area contributed by atoms with Crippen LogP contribution in [0.3, 0.4) is 0 Å². The lowest BCUT2D eigenvalue weighted by Crippen LogP contribution is -2.04. The second-order valence-electron chi connectivity index (χ2n) is 3.73. The molecule has 2 N–H and O–H groups in total. The lowest BCUT2D eigenvalue weighted by atomic mass is 10.1. The third-order valence-electron chi connectivity index (χ3n) is 2.45. The van der Waals surface area contributed by atoms with E-state index in [9.17, 15) is 13.2 Å². The minimum absolute atomic E-state index is 0.309. The number of alkyl halides is 3. The van der Waals surface area contributed by atoms with Crippen LogP contribution in [-0.4, -0.2) is 10.2 Å². The minimum atomic E-state index is -4.33. The van der Waals surface area contributed by atoms with Crippen LogP contribution in [0.25, 0.3) is 11.3 Å². The Morgan fingerprint density at radius 2 is 1.78 bits per heavy atom. The number of nitrogens with zero attached hydrogens (tertiary/aromatic N) is 2. The quantitative estimate of drug-likeness (QED) is 0.895. The molecule has 1 aromatic heterocycles. The Balaban J connectivity index is 2.34. The van der Waals surface area contributed by atoms with Crippen molar-refractivity contribution in [3.8, 4) is 11.3 Å². The van der Waals surface area contributed by atoms with Gasteiger partial charge in [-0.3, -0.25) is 0 Å². The molecule has 0 aliphatic heterocycles. The molecule has 0 atom stereocenters. The van der Waals surface area contributed by atoms with Crippen molar-refractivity contribution in [2.24, 2.45) is 5.73 Å². The molecule has 0 aliphatic carbocycles. The molecule has 1 heterocycles. The molecular weight excluding hydrogens is 243 g/mol. The van der Waals surface area contributed by atoms with Gasteiger partial charge in [0.25, 0.3) is 0 Å². The summed E-state index contributed by atoms with van der Waals surface area (Å²) < 4.78 is 37.2. The van der Waals surface area contributed by atoms with E-state index < -0.39 is 11.7 Å². The average Bonchev–Trinajstić information content (AvgIpc) is 2.38. The van der Waals surface area contributed by atoms with Crippen molar-refractivity contribution in [3.63, 3.8) is 0 Å². The van der Waals surface area contributed by atoms with Crippen molar-refractivity contribution in [1.29, 1.82) is 0 Å². The Morgan fingerprint density at radius 3 is 2.33 bits per heavy atom. The topological polar surface area (TPSA) is 51.8 Å². The molecule has 0 saturated carbocycles. The summed E-state index contributed by atoms with van der Waals surface area (Å²) in [7, 11) is 0. The van der Waals surface area contributed by atoms with E-state index in [0.29, 0.717) is 17.8 Å². The monoisotopic (exact) mass is 253 g/mol. The summed E-state index contributed by atoms with van der Waals surface area (Å²) in [5.41, 5.74) is 6.63. The molecule has 1 aromatic carbocycles. The van der Waals surface area contributed by atoms with Gasteiger partial charge in [0.2, 0.25) is 0 Å². The van der Waals surface area contributed by atoms with Gasteiger partial charge in [0.1, 0.15) is 0 Å². The van der Waals surface area contributed by atoms with Crippen LogP contribution >= 0.6 is 0 Å². The lowest BCUT2D eigenvalue weighted by molar-refractivity contribution is -0.137. The Morgan fingerprint density at radius 1 is 1.11 bits per heavy atom. The molecule has 2 aromatic rings. The second-order valence-corrected chi connectivity index (χ2v) is 3.73. The Hall–Kier alpha value is -1.95. The molecule has 0 radical (unpaired) electrons. The Kier molecular flexibility index (Phi) is 3.29. The summed E-state index contributed by atoms with van der Waals surface area (Å²) in [5.74, 6) is 0. The van der Waals surface area contributed by atoms with Crippen LogP contribution in [0.15, 0.2) is 36.5 Å². The first kappa shape index (κ1) is 12.5. The standard InChI is InChI=1S/C12H10F3N3/c13-12(14,15)10-3-1-9(2-4-10)11-5-8(6-16)7-17-18-11/h1-5,7H,6,16H2. The van der Waals surface area contributed by atoms with Gasteiger partial charge in [0, 0.05) is 12.1 Å². The minimum Gasteiger partial charge on any atom is -0.326 e. The molecule has 18 heavy (non-hydrogen) atoms. The molecule has 0 aliphatic rings. The van der Waals surface area contributed by atoms with Gasteiger partial charge in [0.05, 0.1) is 17.5 Å². The van der Waals surface area contributed by atoms with Crippen molar-refractivity contribution in [2.45, 2.75) is 12.7 Å². The molecule has 0 bridgehead atoms. The van der Waals surface area contributed by atoms with Crippen LogP contribution < -0.4 is 5.73 Å². The molecule has 0 fully saturated rings. The van der Waals surface area contributed by atoms with Gasteiger partial charge in [-0.15, -0.1) is 0 Å². The third-order valence-corrected chi connectivity index (χ3v) is 2.45. The van der Waals surface area contributed by atoms with E-state index in [4.69, 9.17) is 5.73 Å². The van der Waals surface area contributed by atoms with E-state index in [0.717, 1.165) is 17.7 Å². The number of halogens is 3. The van der Waals surface area contributed by atoms with Crippen LogP contribution in [0.1, 0.15) is 11.1 Å². The first-order valence-corrected chi connectivity index (χ1v) is 5.20. The number of hydrogen-bond donors (Lipinski definition) is 1. The molecule has 94 valence electrons. The summed E-state index contributed by atoms with van der Waals surface area (Å²) >= 11 is 0. The van der Waals surface area contributed by atoms with Gasteiger partial charge in [-0.1, -0.05) is 12.1 Å². The second kappa shape index (κ2) is 4.73. The number of rotatable bonds is 2. The van der Waals surface area contributed by atoms with Crippen LogP contribution in [0.2, 0.25) is 0 Å². The van der Waals surface area contributed by atoms with Gasteiger partial charge in [0.15, 0.2) is 0 Å². The van der Waals surface area contributed by atoms with Crippen LogP contribution in [-0.2, 0) is 12.7 Å². The lowest BCUT2D eigenvalue weighted by Gasteiger charge is -2.07. The van der Waals surface area contributed by atoms with E-state index in [1.807, 2.05) is 0 Å². The summed E-state index contributed by atoms with van der Waals surface area (Å²) in [6, 6.07) is 6.48. The maximum Gasteiger partial charge on any atom is 0.416 e. The highest BCUT2D eigenvalue weighted by molar-refractivity contribution is 5.59. The van der Waals surface area contributed by atoms with Crippen molar-refractivity contribution < 1.29 is 13.2 Å². The van der Waals surface area contributed by atoms with E-state index in [1.54, 1.807) is 6.07 Å². The van der Waals surface area contributed by atoms with Crippen molar-refractivity contribution in [1.82, 2.24) is 10.2 Å². The maximum absolute atomic E-state index is 12.4. The predicted octanol–water partition coefficient (Wildman–Crippen LogP) is 2.62. The zero-order valence-corrected chi connectivity index (χ0v) is 9.28. The fourth-order valence-corrected chi connectivity index (χ4v) is 1.49. The molecule has 0 spiro atoms. The number of hydrogen-bond acceptors (Lipinski definition) is 3. The summed E-state index contributed by atoms with van der Waals surface area (Å²) in [5, 5.41) is 7.61. The summed E-state index contributed by atoms with van der Waals surface area (Å²) in [6.07, 6.45) is -2.81. The largest absolute Gasteiger partial charge is 0.416 e. The third kappa shape index (κ3) is 2.65. The van der Waals surface area contributed by atoms with Crippen molar-refractivity contribution in [3.05, 3.63) is 47.7 Å². The zero-order chi connectivity index (χ0) is 13.2. The van der Waals surface area contributed by atoms with Crippen molar-refractivity contribution in [2.75, 3.05) is 0 Å². The number of benzene rings is 1. The van der Waals surface area contributed by atoms with E-state index in [2.05, 4.69) is 10.2 Å². The van der Waals surface area contributed by atoms with Gasteiger partial charge >= 0.3 is 6.18 Å². The highest BCUT2D eigenvalue weighted by atomic mass is 19.4. The van der Waals surface area contributed by atoms with E-state index >= 15 is 0 Å². The smallest absolute Gasteiger partial charge is 0.326 e. The van der Waals surface area contributed by atoms with Gasteiger partial charge < -0.3 is 5.73 Å². The van der Waals surface area contributed by atoms with Crippen LogP contribution in [0, 0.1) is 0 Å². The molecule has 6 heteroatoms. The normalized spacial score (nSPS) is 11.6. The van der Waals surface area contributed by atoms with E-state index in [1.165, 1.54) is 18.3 Å². The first-order chi connectivity index (χ1) is 8.50. The maximum atomic E-state index is 12.4. The number of aromatic nitrogens is 2. The fourth-order valence-electron chi connectivity index (χ4n) is 1.49. The molecule has 0 unspecified atom stereocenters.